The van der Waals surface area contributed by atoms with Crippen LogP contribution in [0.15, 0.2) is 24.3 Å². The molecule has 0 radical (unpaired) electrons. The number of methoxy groups -OCH3 is 1. The van der Waals surface area contributed by atoms with Gasteiger partial charge in [0.15, 0.2) is 0 Å². The molecule has 1 rings (SSSR count). The molecule has 3 N–H and O–H groups in total. The van der Waals surface area contributed by atoms with Crippen molar-refractivity contribution in [3.05, 3.63) is 35.4 Å². The molecule has 1 aromatic rings. The standard InChI is InChI=1S/C45H84O.ClH.H3N/c1-5-7-9-11-13-15-17-19-21-23-25-27-29-31-33-35-39-43-40-36-37-41-44(43)45(3,46-4)42-38-34-32-30-28-26-24-22-20-18-16-14-12-10-8-6-2;;/h36-37,40-41H,5-35,38-39,42H2,1-4H3;1H;1H3. The van der Waals surface area contributed by atoms with E-state index in [1.54, 1.807) is 0 Å². The van der Waals surface area contributed by atoms with E-state index in [1.807, 2.05) is 7.11 Å². The van der Waals surface area contributed by atoms with Crippen LogP contribution in [0, 0.1) is 0 Å². The van der Waals surface area contributed by atoms with E-state index in [2.05, 4.69) is 45.0 Å². The minimum Gasteiger partial charge on any atom is -0.374 e. The van der Waals surface area contributed by atoms with E-state index in [0.29, 0.717) is 0 Å². The normalized spacial score (nSPS) is 12.4. The van der Waals surface area contributed by atoms with Crippen LogP contribution in [0.25, 0.3) is 0 Å². The van der Waals surface area contributed by atoms with Crippen LogP contribution in [0.2, 0.25) is 0 Å². The van der Waals surface area contributed by atoms with Crippen LogP contribution in [0.3, 0.4) is 0 Å². The summed E-state index contributed by atoms with van der Waals surface area (Å²) in [5, 5.41) is 0. The maximum atomic E-state index is 6.22. The highest BCUT2D eigenvalue weighted by atomic mass is 35.5. The first-order valence-corrected chi connectivity index (χ1v) is 21.3. The summed E-state index contributed by atoms with van der Waals surface area (Å²) in [7, 11) is 1.93. The monoisotopic (exact) mass is 694 g/mol. The lowest BCUT2D eigenvalue weighted by Crippen LogP contribution is -2.26. The summed E-state index contributed by atoms with van der Waals surface area (Å²) in [5.74, 6) is 0. The zero-order valence-corrected chi connectivity index (χ0v) is 34.2. The average Bonchev–Trinajstić information content (AvgIpc) is 3.08. The maximum absolute atomic E-state index is 6.22. The summed E-state index contributed by atoms with van der Waals surface area (Å²) in [6, 6.07) is 9.16. The van der Waals surface area contributed by atoms with Crippen molar-refractivity contribution >= 4 is 12.4 Å². The van der Waals surface area contributed by atoms with Gasteiger partial charge >= 0.3 is 0 Å². The van der Waals surface area contributed by atoms with E-state index in [4.69, 9.17) is 4.74 Å². The average molecular weight is 695 g/mol. The fourth-order valence-electron chi connectivity index (χ4n) is 7.47. The van der Waals surface area contributed by atoms with Gasteiger partial charge in [-0.1, -0.05) is 237 Å². The van der Waals surface area contributed by atoms with Gasteiger partial charge in [0.2, 0.25) is 0 Å². The van der Waals surface area contributed by atoms with Crippen molar-refractivity contribution in [1.82, 2.24) is 6.15 Å². The number of ether oxygens (including phenoxy) is 1. The van der Waals surface area contributed by atoms with E-state index in [0.717, 1.165) is 6.42 Å². The molecular weight excluding hydrogens is 606 g/mol. The summed E-state index contributed by atoms with van der Waals surface area (Å²) < 4.78 is 6.22. The number of benzene rings is 1. The Morgan fingerprint density at radius 3 is 1.06 bits per heavy atom. The lowest BCUT2D eigenvalue weighted by molar-refractivity contribution is -0.00834. The van der Waals surface area contributed by atoms with Crippen molar-refractivity contribution < 1.29 is 4.74 Å². The van der Waals surface area contributed by atoms with Crippen molar-refractivity contribution in [3.63, 3.8) is 0 Å². The topological polar surface area (TPSA) is 44.2 Å². The third-order valence-electron chi connectivity index (χ3n) is 10.8. The van der Waals surface area contributed by atoms with E-state index in [-0.39, 0.29) is 24.2 Å². The second-order valence-corrected chi connectivity index (χ2v) is 15.2. The second-order valence-electron chi connectivity index (χ2n) is 15.2. The number of rotatable bonds is 36. The molecule has 0 amide bonds. The van der Waals surface area contributed by atoms with Gasteiger partial charge in [0.05, 0.1) is 5.60 Å². The van der Waals surface area contributed by atoms with E-state index >= 15 is 0 Å². The lowest BCUT2D eigenvalue weighted by Gasteiger charge is -2.31. The predicted molar refractivity (Wildman–Crippen MR) is 220 cm³/mol. The Balaban J connectivity index is 0. The number of halogens is 1. The van der Waals surface area contributed by atoms with Crippen LogP contribution in [-0.4, -0.2) is 7.11 Å². The number of hydrogen-bond donors (Lipinski definition) is 1. The third-order valence-corrected chi connectivity index (χ3v) is 10.8. The largest absolute Gasteiger partial charge is 0.374 e. The zero-order valence-electron chi connectivity index (χ0n) is 33.4. The van der Waals surface area contributed by atoms with E-state index in [1.165, 1.54) is 223 Å². The van der Waals surface area contributed by atoms with E-state index < -0.39 is 0 Å². The third kappa shape index (κ3) is 28.2. The molecule has 0 saturated carbocycles. The number of hydrogen-bond acceptors (Lipinski definition) is 2. The maximum Gasteiger partial charge on any atom is 0.0902 e. The minimum absolute atomic E-state index is 0. The van der Waals surface area contributed by atoms with Gasteiger partial charge in [-0.25, -0.2) is 0 Å². The van der Waals surface area contributed by atoms with Crippen LogP contribution < -0.4 is 6.15 Å². The Morgan fingerprint density at radius 1 is 0.438 bits per heavy atom. The molecule has 0 bridgehead atoms. The van der Waals surface area contributed by atoms with Gasteiger partial charge in [0.1, 0.15) is 0 Å². The lowest BCUT2D eigenvalue weighted by atomic mass is 9.85. The van der Waals surface area contributed by atoms with Crippen LogP contribution in [-0.2, 0) is 16.8 Å². The first-order chi connectivity index (χ1) is 22.7. The molecule has 48 heavy (non-hydrogen) atoms. The summed E-state index contributed by atoms with van der Waals surface area (Å²) >= 11 is 0. The van der Waals surface area contributed by atoms with Crippen molar-refractivity contribution in [1.29, 1.82) is 0 Å². The van der Waals surface area contributed by atoms with E-state index in [9.17, 15) is 0 Å². The molecule has 0 fully saturated rings. The SMILES string of the molecule is CCCCCCCCCCCCCCCCCCc1ccccc1C(C)(CCCCCCCCCCCCCCCCCC)OC.Cl.N. The quantitative estimate of drug-likeness (QED) is 0.0711. The number of unbranched alkanes of at least 4 members (excludes halogenated alkanes) is 30. The molecule has 0 aromatic heterocycles. The summed E-state index contributed by atoms with van der Waals surface area (Å²) in [6.07, 6.45) is 48.0. The van der Waals surface area contributed by atoms with Gasteiger partial charge in [-0.05, 0) is 37.3 Å². The molecule has 0 aliphatic carbocycles. The van der Waals surface area contributed by atoms with Crippen LogP contribution in [0.1, 0.15) is 244 Å². The molecule has 0 spiro atoms. The Morgan fingerprint density at radius 2 is 0.729 bits per heavy atom. The Kier molecular flexibility index (Phi) is 38.9. The van der Waals surface area contributed by atoms with Gasteiger partial charge in [-0.3, -0.25) is 0 Å². The minimum atomic E-state index is -0.151. The van der Waals surface area contributed by atoms with Gasteiger partial charge in [-0.2, -0.15) is 0 Å². The van der Waals surface area contributed by atoms with Gasteiger partial charge in [0.25, 0.3) is 0 Å². The second kappa shape index (κ2) is 37.7. The molecule has 2 nitrogen and oxygen atoms in total. The van der Waals surface area contributed by atoms with Crippen LogP contribution in [0.4, 0.5) is 0 Å². The predicted octanol–water partition coefficient (Wildman–Crippen LogP) is 16.6. The molecule has 1 unspecified atom stereocenters. The number of aryl methyl sites for hydroxylation is 1. The fraction of sp³-hybridized carbons (Fsp3) is 0.867. The Bertz CT molecular complexity index is 754. The molecule has 0 saturated heterocycles. The molecular formula is C45H88ClNO. The summed E-state index contributed by atoms with van der Waals surface area (Å²) in [5.41, 5.74) is 2.81. The molecule has 0 aliphatic heterocycles. The molecule has 0 aliphatic rings. The molecule has 1 atom stereocenters. The molecule has 0 heterocycles. The zero-order chi connectivity index (χ0) is 33.2. The van der Waals surface area contributed by atoms with Gasteiger partial charge < -0.3 is 10.9 Å². The van der Waals surface area contributed by atoms with Crippen LogP contribution in [0.5, 0.6) is 0 Å². The smallest absolute Gasteiger partial charge is 0.0902 e. The highest BCUT2D eigenvalue weighted by molar-refractivity contribution is 5.85. The van der Waals surface area contributed by atoms with Crippen molar-refractivity contribution in [3.8, 4) is 0 Å². The van der Waals surface area contributed by atoms with Gasteiger partial charge in [0, 0.05) is 7.11 Å². The van der Waals surface area contributed by atoms with Crippen LogP contribution >= 0.6 is 12.4 Å². The van der Waals surface area contributed by atoms with Crippen molar-refractivity contribution in [2.75, 3.05) is 7.11 Å². The molecule has 286 valence electrons. The highest BCUT2D eigenvalue weighted by Crippen LogP contribution is 2.34. The molecule has 3 heteroatoms. The van der Waals surface area contributed by atoms with Gasteiger partial charge in [-0.15, -0.1) is 12.4 Å². The first-order valence-electron chi connectivity index (χ1n) is 21.3. The first kappa shape index (κ1) is 49.5. The van der Waals surface area contributed by atoms with Crippen molar-refractivity contribution in [2.24, 2.45) is 0 Å². The van der Waals surface area contributed by atoms with Crippen molar-refractivity contribution in [2.45, 2.75) is 245 Å². The summed E-state index contributed by atoms with van der Waals surface area (Å²) in [6.45, 7) is 6.95. The fourth-order valence-corrected chi connectivity index (χ4v) is 7.47. The Hall–Kier alpha value is -0.570. The highest BCUT2D eigenvalue weighted by Gasteiger charge is 2.27. The Labute approximate surface area is 309 Å². The molecule has 1 aromatic carbocycles. The summed E-state index contributed by atoms with van der Waals surface area (Å²) in [4.78, 5) is 0.